The lowest BCUT2D eigenvalue weighted by atomic mass is 10.0. The molecule has 4 aromatic rings. The molecule has 0 spiro atoms. The molecule has 0 saturated heterocycles. The molecule has 0 fully saturated rings. The van der Waals surface area contributed by atoms with Crippen LogP contribution in [0.4, 0.5) is 0 Å². The Morgan fingerprint density at radius 1 is 0.793 bits per heavy atom. The molecule has 0 aliphatic heterocycles. The van der Waals surface area contributed by atoms with Gasteiger partial charge in [0.1, 0.15) is 5.69 Å². The predicted octanol–water partition coefficient (Wildman–Crippen LogP) is 4.40. The maximum Gasteiger partial charge on any atom is 0.197 e. The fourth-order valence-electron chi connectivity index (χ4n) is 3.49. The summed E-state index contributed by atoms with van der Waals surface area (Å²) in [5, 5.41) is 4.70. The van der Waals surface area contributed by atoms with Gasteiger partial charge in [0.25, 0.3) is 0 Å². The van der Waals surface area contributed by atoms with Crippen molar-refractivity contribution in [2.75, 3.05) is 0 Å². The van der Waals surface area contributed by atoms with Crippen molar-refractivity contribution >= 4 is 17.6 Å². The number of fused-ring (bicyclic) bond motifs is 1. The van der Waals surface area contributed by atoms with Crippen LogP contribution in [0.3, 0.4) is 0 Å². The van der Waals surface area contributed by atoms with Crippen LogP contribution in [0.15, 0.2) is 90.9 Å². The van der Waals surface area contributed by atoms with Crippen molar-refractivity contribution in [1.29, 1.82) is 0 Å². The Labute approximate surface area is 167 Å². The molecular formula is C24H15N3O2. The van der Waals surface area contributed by atoms with E-state index in [-0.39, 0.29) is 17.1 Å². The van der Waals surface area contributed by atoms with Crippen LogP contribution in [0.5, 0.6) is 0 Å². The number of carbonyl (C=O) groups is 2. The van der Waals surface area contributed by atoms with Gasteiger partial charge in [-0.1, -0.05) is 42.5 Å². The Hall–Kier alpha value is -4.12. The first kappa shape index (κ1) is 17.0. The first-order valence-electron chi connectivity index (χ1n) is 9.18. The lowest BCUT2D eigenvalue weighted by Gasteiger charge is -2.00. The van der Waals surface area contributed by atoms with Crippen molar-refractivity contribution in [1.82, 2.24) is 14.8 Å². The van der Waals surface area contributed by atoms with Crippen LogP contribution < -0.4 is 0 Å². The van der Waals surface area contributed by atoms with E-state index in [4.69, 9.17) is 5.10 Å². The maximum atomic E-state index is 12.8. The average molecular weight is 377 g/mol. The molecule has 0 N–H and O–H groups in total. The molecule has 2 aromatic heterocycles. The number of ketones is 2. The summed E-state index contributed by atoms with van der Waals surface area (Å²) >= 11 is 0. The molecule has 0 amide bonds. The standard InChI is InChI=1S/C24H15N3O2/c28-23-19-10-4-5-11-20(19)24(29)21(23)13-17-15-27(18-8-2-1-3-9-18)26-22(17)16-7-6-12-25-14-16/h1-15H. The average Bonchev–Trinajstić information content (AvgIpc) is 3.31. The second kappa shape index (κ2) is 6.80. The number of benzene rings is 2. The van der Waals surface area contributed by atoms with Gasteiger partial charge in [-0.15, -0.1) is 0 Å². The molecule has 0 saturated carbocycles. The number of para-hydroxylation sites is 1. The molecule has 138 valence electrons. The van der Waals surface area contributed by atoms with E-state index in [2.05, 4.69) is 4.98 Å². The highest BCUT2D eigenvalue weighted by Gasteiger charge is 2.33. The summed E-state index contributed by atoms with van der Waals surface area (Å²) in [5.74, 6) is -0.509. The van der Waals surface area contributed by atoms with E-state index >= 15 is 0 Å². The van der Waals surface area contributed by atoms with Gasteiger partial charge in [0.05, 0.1) is 11.3 Å². The second-order valence-electron chi connectivity index (χ2n) is 6.72. The third-order valence-corrected chi connectivity index (χ3v) is 4.90. The molecule has 29 heavy (non-hydrogen) atoms. The van der Waals surface area contributed by atoms with Crippen LogP contribution >= 0.6 is 0 Å². The summed E-state index contributed by atoms with van der Waals surface area (Å²) in [6, 6.07) is 20.3. The van der Waals surface area contributed by atoms with Crippen LogP contribution in [-0.4, -0.2) is 26.3 Å². The summed E-state index contributed by atoms with van der Waals surface area (Å²) in [5.41, 5.74) is 4.09. The van der Waals surface area contributed by atoms with Crippen molar-refractivity contribution in [2.24, 2.45) is 0 Å². The third-order valence-electron chi connectivity index (χ3n) is 4.90. The van der Waals surface area contributed by atoms with Gasteiger partial charge in [0.2, 0.25) is 0 Å². The third kappa shape index (κ3) is 2.89. The van der Waals surface area contributed by atoms with Gasteiger partial charge in [-0.2, -0.15) is 5.10 Å². The van der Waals surface area contributed by atoms with Gasteiger partial charge in [-0.3, -0.25) is 14.6 Å². The zero-order valence-electron chi connectivity index (χ0n) is 15.3. The lowest BCUT2D eigenvalue weighted by molar-refractivity contribution is 0.0990. The molecule has 1 aliphatic rings. The highest BCUT2D eigenvalue weighted by atomic mass is 16.2. The monoisotopic (exact) mass is 377 g/mol. The van der Waals surface area contributed by atoms with Crippen molar-refractivity contribution in [3.63, 3.8) is 0 Å². The Morgan fingerprint density at radius 2 is 1.48 bits per heavy atom. The zero-order valence-corrected chi connectivity index (χ0v) is 15.3. The van der Waals surface area contributed by atoms with Crippen molar-refractivity contribution < 1.29 is 9.59 Å². The SMILES string of the molecule is O=C1C(=Cc2cn(-c3ccccc3)nc2-c2cccnc2)C(=O)c2ccccc21. The molecule has 0 unspecified atom stereocenters. The Kier molecular flexibility index (Phi) is 3.99. The van der Waals surface area contributed by atoms with E-state index in [1.807, 2.05) is 48.7 Å². The normalized spacial score (nSPS) is 12.9. The van der Waals surface area contributed by atoms with Crippen molar-refractivity contribution in [2.45, 2.75) is 0 Å². The number of carbonyl (C=O) groups excluding carboxylic acids is 2. The topological polar surface area (TPSA) is 64.8 Å². The molecule has 0 radical (unpaired) electrons. The van der Waals surface area contributed by atoms with E-state index in [1.165, 1.54) is 0 Å². The van der Waals surface area contributed by atoms with Gasteiger partial charge in [-0.05, 0) is 30.3 Å². The van der Waals surface area contributed by atoms with Gasteiger partial charge in [0.15, 0.2) is 11.6 Å². The summed E-state index contributed by atoms with van der Waals surface area (Å²) in [6.07, 6.45) is 6.87. The molecule has 2 heterocycles. The maximum absolute atomic E-state index is 12.8. The Balaban J connectivity index is 1.67. The molecular weight excluding hydrogens is 362 g/mol. The largest absolute Gasteiger partial charge is 0.288 e. The molecule has 0 bridgehead atoms. The number of hydrogen-bond donors (Lipinski definition) is 0. The zero-order chi connectivity index (χ0) is 19.8. The Bertz CT molecular complexity index is 1240. The fourth-order valence-corrected chi connectivity index (χ4v) is 3.49. The summed E-state index contributed by atoms with van der Waals surface area (Å²) in [4.78, 5) is 29.8. The molecule has 0 atom stereocenters. The van der Waals surface area contributed by atoms with Gasteiger partial charge < -0.3 is 0 Å². The van der Waals surface area contributed by atoms with Gasteiger partial charge in [-0.25, -0.2) is 4.68 Å². The number of hydrogen-bond acceptors (Lipinski definition) is 4. The predicted molar refractivity (Wildman–Crippen MR) is 110 cm³/mol. The molecule has 2 aromatic carbocycles. The number of Topliss-reactive ketones (excluding diaryl/α,β-unsaturated/α-hetero) is 2. The van der Waals surface area contributed by atoms with Crippen molar-refractivity contribution in [3.8, 4) is 16.9 Å². The van der Waals surface area contributed by atoms with Crippen LogP contribution in [0, 0.1) is 0 Å². The van der Waals surface area contributed by atoms with E-state index in [0.29, 0.717) is 22.4 Å². The summed E-state index contributed by atoms with van der Waals surface area (Å²) in [6.45, 7) is 0. The van der Waals surface area contributed by atoms with Crippen LogP contribution in [0.25, 0.3) is 23.0 Å². The Morgan fingerprint density at radius 3 is 2.14 bits per heavy atom. The number of allylic oxidation sites excluding steroid dienone is 1. The second-order valence-corrected chi connectivity index (χ2v) is 6.72. The first-order valence-corrected chi connectivity index (χ1v) is 9.18. The quantitative estimate of drug-likeness (QED) is 0.392. The fraction of sp³-hybridized carbons (Fsp3) is 0. The van der Waals surface area contributed by atoms with Crippen LogP contribution in [-0.2, 0) is 0 Å². The highest BCUT2D eigenvalue weighted by Crippen LogP contribution is 2.31. The summed E-state index contributed by atoms with van der Waals surface area (Å²) < 4.78 is 1.74. The molecule has 1 aliphatic carbocycles. The number of aromatic nitrogens is 3. The van der Waals surface area contributed by atoms with Crippen LogP contribution in [0.2, 0.25) is 0 Å². The molecule has 5 nitrogen and oxygen atoms in total. The van der Waals surface area contributed by atoms with Gasteiger partial charge >= 0.3 is 0 Å². The summed E-state index contributed by atoms with van der Waals surface area (Å²) in [7, 11) is 0. The van der Waals surface area contributed by atoms with E-state index < -0.39 is 0 Å². The first-order chi connectivity index (χ1) is 14.2. The minimum absolute atomic E-state index is 0.156. The minimum atomic E-state index is -0.254. The number of rotatable bonds is 3. The van der Waals surface area contributed by atoms with E-state index in [9.17, 15) is 9.59 Å². The van der Waals surface area contributed by atoms with E-state index in [1.54, 1.807) is 47.4 Å². The van der Waals surface area contributed by atoms with Crippen LogP contribution in [0.1, 0.15) is 26.3 Å². The minimum Gasteiger partial charge on any atom is -0.288 e. The smallest absolute Gasteiger partial charge is 0.197 e. The van der Waals surface area contributed by atoms with Crippen molar-refractivity contribution in [3.05, 3.63) is 108 Å². The highest BCUT2D eigenvalue weighted by molar-refractivity contribution is 6.41. The number of nitrogens with zero attached hydrogens (tertiary/aromatic N) is 3. The van der Waals surface area contributed by atoms with E-state index in [0.717, 1.165) is 11.3 Å². The van der Waals surface area contributed by atoms with Gasteiger partial charge in [0, 0.05) is 40.8 Å². The number of pyridine rings is 1. The molecule has 5 heteroatoms. The molecule has 5 rings (SSSR count). The lowest BCUT2D eigenvalue weighted by Crippen LogP contribution is -2.00.